The predicted molar refractivity (Wildman–Crippen MR) is 86.8 cm³/mol. The average Bonchev–Trinajstić information content (AvgIpc) is 3.18. The van der Waals surface area contributed by atoms with E-state index in [4.69, 9.17) is 9.47 Å². The van der Waals surface area contributed by atoms with E-state index in [-0.39, 0.29) is 11.9 Å². The molecule has 3 rings (SSSR count). The van der Waals surface area contributed by atoms with Gasteiger partial charge in [0, 0.05) is 13.1 Å². The number of aryl methyl sites for hydroxylation is 1. The minimum atomic E-state index is -0.404. The van der Waals surface area contributed by atoms with Gasteiger partial charge in [-0.3, -0.25) is 4.79 Å². The van der Waals surface area contributed by atoms with Gasteiger partial charge in [-0.1, -0.05) is 17.8 Å². The first-order valence-electron chi connectivity index (χ1n) is 7.99. The van der Waals surface area contributed by atoms with Gasteiger partial charge in [-0.15, -0.1) is 0 Å². The number of carbonyl (C=O) groups is 2. The first kappa shape index (κ1) is 16.2. The lowest BCUT2D eigenvalue weighted by Crippen LogP contribution is -2.36. The molecule has 0 spiro atoms. The number of esters is 2. The molecule has 0 aromatic carbocycles. The summed E-state index contributed by atoms with van der Waals surface area (Å²) >= 11 is 1.35. The van der Waals surface area contributed by atoms with Gasteiger partial charge >= 0.3 is 11.9 Å². The molecule has 6 nitrogen and oxygen atoms in total. The second-order valence-corrected chi connectivity index (χ2v) is 7.23. The summed E-state index contributed by atoms with van der Waals surface area (Å²) in [6, 6.07) is 0. The molecule has 2 heterocycles. The largest absolute Gasteiger partial charge is 0.469 e. The van der Waals surface area contributed by atoms with Crippen LogP contribution in [0.15, 0.2) is 0 Å². The molecule has 1 aliphatic carbocycles. The topological polar surface area (TPSA) is 68.7 Å². The molecule has 23 heavy (non-hydrogen) atoms. The summed E-state index contributed by atoms with van der Waals surface area (Å²) < 4.78 is 10.1. The molecule has 1 saturated carbocycles. The monoisotopic (exact) mass is 338 g/mol. The van der Waals surface area contributed by atoms with E-state index >= 15 is 0 Å². The Morgan fingerprint density at radius 2 is 2.26 bits per heavy atom. The molecule has 7 heteroatoms. The molecule has 1 saturated heterocycles. The van der Waals surface area contributed by atoms with Crippen LogP contribution in [0.4, 0.5) is 5.13 Å². The van der Waals surface area contributed by atoms with Crippen molar-refractivity contribution in [3.63, 3.8) is 0 Å². The highest BCUT2D eigenvalue weighted by Crippen LogP contribution is 2.50. The predicted octanol–water partition coefficient (Wildman–Crippen LogP) is 2.41. The summed E-state index contributed by atoms with van der Waals surface area (Å²) in [7, 11) is 1.46. The first-order valence-corrected chi connectivity index (χ1v) is 8.81. The van der Waals surface area contributed by atoms with Crippen molar-refractivity contribution >= 4 is 28.4 Å². The lowest BCUT2D eigenvalue weighted by Gasteiger charge is -2.25. The van der Waals surface area contributed by atoms with Crippen molar-refractivity contribution in [2.45, 2.75) is 33.1 Å². The first-order chi connectivity index (χ1) is 11.0. The highest BCUT2D eigenvalue weighted by molar-refractivity contribution is 7.17. The smallest absolute Gasteiger partial charge is 0.350 e. The summed E-state index contributed by atoms with van der Waals surface area (Å²) in [5.41, 5.74) is 0.283. The minimum Gasteiger partial charge on any atom is -0.469 e. The van der Waals surface area contributed by atoms with E-state index in [0.29, 0.717) is 29.6 Å². The lowest BCUT2D eigenvalue weighted by atomic mass is 9.81. The van der Waals surface area contributed by atoms with Gasteiger partial charge in [-0.25, -0.2) is 9.78 Å². The van der Waals surface area contributed by atoms with Gasteiger partial charge in [0.25, 0.3) is 0 Å². The molecule has 2 unspecified atom stereocenters. The van der Waals surface area contributed by atoms with Crippen molar-refractivity contribution in [1.82, 2.24) is 4.98 Å². The zero-order chi connectivity index (χ0) is 16.6. The normalized spacial score (nSPS) is 26.2. The highest BCUT2D eigenvalue weighted by Gasteiger charge is 2.56. The second kappa shape index (κ2) is 6.11. The number of hydrogen-bond donors (Lipinski definition) is 0. The van der Waals surface area contributed by atoms with Crippen molar-refractivity contribution in [3.05, 3.63) is 10.6 Å². The number of rotatable bonds is 4. The van der Waals surface area contributed by atoms with Crippen LogP contribution < -0.4 is 4.90 Å². The van der Waals surface area contributed by atoms with E-state index in [1.165, 1.54) is 18.4 Å². The maximum atomic E-state index is 12.3. The van der Waals surface area contributed by atoms with Crippen LogP contribution in [0.5, 0.6) is 0 Å². The molecule has 1 aromatic heterocycles. The van der Waals surface area contributed by atoms with Gasteiger partial charge in [0.2, 0.25) is 0 Å². The number of hydrogen-bond acceptors (Lipinski definition) is 7. The minimum absolute atomic E-state index is 0.110. The third-order valence-electron chi connectivity index (χ3n) is 4.98. The molecule has 2 atom stereocenters. The zero-order valence-electron chi connectivity index (χ0n) is 13.8. The molecule has 1 aliphatic heterocycles. The Bertz CT molecular complexity index is 630. The van der Waals surface area contributed by atoms with E-state index in [0.717, 1.165) is 30.9 Å². The number of fused-ring (bicyclic) bond motifs is 1. The number of aromatic nitrogens is 1. The Kier molecular flexibility index (Phi) is 4.31. The lowest BCUT2D eigenvalue weighted by molar-refractivity contribution is -0.152. The van der Waals surface area contributed by atoms with Crippen LogP contribution in [0, 0.1) is 18.3 Å². The molecule has 2 aliphatic rings. The Hall–Kier alpha value is -1.63. The molecule has 2 fully saturated rings. The fourth-order valence-electron chi connectivity index (χ4n) is 3.88. The summed E-state index contributed by atoms with van der Waals surface area (Å²) in [6.45, 7) is 5.38. The quantitative estimate of drug-likeness (QED) is 0.785. The molecule has 0 radical (unpaired) electrons. The van der Waals surface area contributed by atoms with E-state index < -0.39 is 5.41 Å². The molecule has 1 aromatic rings. The number of carbonyl (C=O) groups excluding carboxylic acids is 2. The number of anilines is 1. The van der Waals surface area contributed by atoms with Gasteiger partial charge in [0.1, 0.15) is 4.88 Å². The van der Waals surface area contributed by atoms with Gasteiger partial charge in [0.15, 0.2) is 5.13 Å². The third kappa shape index (κ3) is 2.60. The Morgan fingerprint density at radius 1 is 1.48 bits per heavy atom. The van der Waals surface area contributed by atoms with Crippen LogP contribution in [-0.2, 0) is 14.3 Å². The maximum Gasteiger partial charge on any atom is 0.350 e. The number of nitrogens with zero attached hydrogens (tertiary/aromatic N) is 2. The maximum absolute atomic E-state index is 12.3. The fraction of sp³-hybridized carbons (Fsp3) is 0.688. The number of methoxy groups -OCH3 is 1. The van der Waals surface area contributed by atoms with Crippen molar-refractivity contribution in [2.24, 2.45) is 11.3 Å². The summed E-state index contributed by atoms with van der Waals surface area (Å²) in [5.74, 6) is -0.123. The Balaban J connectivity index is 1.83. The molecular weight excluding hydrogens is 316 g/mol. The van der Waals surface area contributed by atoms with E-state index in [9.17, 15) is 9.59 Å². The summed E-state index contributed by atoms with van der Waals surface area (Å²) in [6.07, 6.45) is 2.98. The Morgan fingerprint density at radius 3 is 2.96 bits per heavy atom. The van der Waals surface area contributed by atoms with E-state index in [1.807, 2.05) is 6.92 Å². The van der Waals surface area contributed by atoms with Gasteiger partial charge in [-0.05, 0) is 32.6 Å². The van der Waals surface area contributed by atoms with E-state index in [2.05, 4.69) is 9.88 Å². The molecule has 0 bridgehead atoms. The van der Waals surface area contributed by atoms with Gasteiger partial charge in [-0.2, -0.15) is 0 Å². The highest BCUT2D eigenvalue weighted by atomic mass is 32.1. The van der Waals surface area contributed by atoms with Crippen molar-refractivity contribution in [1.29, 1.82) is 0 Å². The summed E-state index contributed by atoms with van der Waals surface area (Å²) in [4.78, 5) is 31.5. The number of ether oxygens (including phenoxy) is 2. The fourth-order valence-corrected chi connectivity index (χ4v) is 4.84. The molecule has 126 valence electrons. The third-order valence-corrected chi connectivity index (χ3v) is 6.18. The zero-order valence-corrected chi connectivity index (χ0v) is 14.6. The van der Waals surface area contributed by atoms with Gasteiger partial charge in [0.05, 0.1) is 24.8 Å². The van der Waals surface area contributed by atoms with Gasteiger partial charge < -0.3 is 14.4 Å². The number of thiazole rings is 1. The molecular formula is C16H22N2O4S. The van der Waals surface area contributed by atoms with Crippen molar-refractivity contribution < 1.29 is 19.1 Å². The summed E-state index contributed by atoms with van der Waals surface area (Å²) in [5, 5.41) is 0.795. The standard InChI is InChI=1S/C16H22N2O4S/c1-4-22-13(19)12-10(2)17-15(23-12)18-8-11-6-5-7-16(11,9-18)14(20)21-3/h11H,4-9H2,1-3H3. The van der Waals surface area contributed by atoms with Crippen molar-refractivity contribution in [2.75, 3.05) is 31.7 Å². The molecule has 0 amide bonds. The van der Waals surface area contributed by atoms with Crippen LogP contribution in [0.3, 0.4) is 0 Å². The van der Waals surface area contributed by atoms with Crippen LogP contribution >= 0.6 is 11.3 Å². The van der Waals surface area contributed by atoms with Crippen LogP contribution in [-0.4, -0.2) is 43.7 Å². The second-order valence-electron chi connectivity index (χ2n) is 6.25. The van der Waals surface area contributed by atoms with Crippen LogP contribution in [0.2, 0.25) is 0 Å². The molecule has 0 N–H and O–H groups in total. The average molecular weight is 338 g/mol. The van der Waals surface area contributed by atoms with E-state index in [1.54, 1.807) is 6.92 Å². The van der Waals surface area contributed by atoms with Crippen molar-refractivity contribution in [3.8, 4) is 0 Å². The van der Waals surface area contributed by atoms with Crippen LogP contribution in [0.25, 0.3) is 0 Å². The van der Waals surface area contributed by atoms with Crippen LogP contribution in [0.1, 0.15) is 41.6 Å². The Labute approximate surface area is 139 Å². The SMILES string of the molecule is CCOC(=O)c1sc(N2CC3CCCC3(C(=O)OC)C2)nc1C.